The Bertz CT molecular complexity index is 701. The van der Waals surface area contributed by atoms with Gasteiger partial charge in [0, 0.05) is 5.69 Å². The zero-order chi connectivity index (χ0) is 17.0. The summed E-state index contributed by atoms with van der Waals surface area (Å²) in [5.41, 5.74) is 0.539. The standard InChI is InChI=1S/C14H13ClN2O6/c1-21-12(19)5-10(14(20)22-2)16-7-3-8(15)13-9(4-7)17-11(18)6-23-13/h3-5,16H,6H2,1-2H3,(H,17,18)/b10-5+. The van der Waals surface area contributed by atoms with Gasteiger partial charge in [-0.2, -0.15) is 0 Å². The molecule has 9 heteroatoms. The molecule has 0 saturated carbocycles. The van der Waals surface area contributed by atoms with Crippen molar-refractivity contribution >= 4 is 40.8 Å². The number of fused-ring (bicyclic) bond motifs is 1. The summed E-state index contributed by atoms with van der Waals surface area (Å²) in [4.78, 5) is 34.4. The van der Waals surface area contributed by atoms with Gasteiger partial charge in [0.25, 0.3) is 5.91 Å². The third kappa shape index (κ3) is 3.92. The Morgan fingerprint density at radius 2 is 2.09 bits per heavy atom. The number of amides is 1. The summed E-state index contributed by atoms with van der Waals surface area (Å²) in [6, 6.07) is 2.98. The highest BCUT2D eigenvalue weighted by atomic mass is 35.5. The second-order valence-electron chi connectivity index (χ2n) is 4.37. The molecule has 0 aromatic heterocycles. The van der Waals surface area contributed by atoms with Gasteiger partial charge in [0.05, 0.1) is 31.0 Å². The van der Waals surface area contributed by atoms with Crippen LogP contribution in [0.3, 0.4) is 0 Å². The molecule has 2 rings (SSSR count). The quantitative estimate of drug-likeness (QED) is 0.629. The molecule has 0 aliphatic carbocycles. The van der Waals surface area contributed by atoms with E-state index in [1.165, 1.54) is 26.4 Å². The minimum atomic E-state index is -0.774. The van der Waals surface area contributed by atoms with E-state index in [9.17, 15) is 14.4 Å². The molecule has 23 heavy (non-hydrogen) atoms. The van der Waals surface area contributed by atoms with Crippen LogP contribution in [0.5, 0.6) is 5.75 Å². The molecule has 1 aliphatic heterocycles. The number of hydrogen-bond donors (Lipinski definition) is 2. The molecule has 1 aromatic carbocycles. The molecular weight excluding hydrogens is 328 g/mol. The van der Waals surface area contributed by atoms with Crippen LogP contribution < -0.4 is 15.4 Å². The largest absolute Gasteiger partial charge is 0.480 e. The summed E-state index contributed by atoms with van der Waals surface area (Å²) < 4.78 is 14.3. The van der Waals surface area contributed by atoms with Crippen LogP contribution in [0.2, 0.25) is 5.02 Å². The SMILES string of the molecule is COC(=O)/C=C(/Nc1cc(Cl)c2c(c1)NC(=O)CO2)C(=O)OC. The Hall–Kier alpha value is -2.74. The fraction of sp³-hybridized carbons (Fsp3) is 0.214. The van der Waals surface area contributed by atoms with Crippen molar-refractivity contribution in [2.75, 3.05) is 31.5 Å². The first-order chi connectivity index (χ1) is 10.9. The van der Waals surface area contributed by atoms with Crippen molar-refractivity contribution in [1.29, 1.82) is 0 Å². The van der Waals surface area contributed by atoms with Gasteiger partial charge in [0.2, 0.25) is 0 Å². The molecule has 1 aromatic rings. The van der Waals surface area contributed by atoms with Gasteiger partial charge >= 0.3 is 11.9 Å². The first kappa shape index (κ1) is 16.6. The number of esters is 2. The van der Waals surface area contributed by atoms with Crippen LogP contribution in [0.25, 0.3) is 0 Å². The summed E-state index contributed by atoms with van der Waals surface area (Å²) in [5, 5.41) is 5.52. The number of halogens is 1. The highest BCUT2D eigenvalue weighted by molar-refractivity contribution is 6.33. The maximum atomic E-state index is 11.7. The third-order valence-corrected chi connectivity index (χ3v) is 3.09. The van der Waals surface area contributed by atoms with E-state index in [0.29, 0.717) is 17.1 Å². The fourth-order valence-electron chi connectivity index (χ4n) is 1.82. The highest BCUT2D eigenvalue weighted by Crippen LogP contribution is 2.38. The first-order valence-corrected chi connectivity index (χ1v) is 6.73. The van der Waals surface area contributed by atoms with Gasteiger partial charge in [-0.3, -0.25) is 4.79 Å². The number of hydrogen-bond acceptors (Lipinski definition) is 7. The summed E-state index contributed by atoms with van der Waals surface area (Å²) in [6.45, 7) is -0.130. The lowest BCUT2D eigenvalue weighted by molar-refractivity contribution is -0.138. The maximum absolute atomic E-state index is 11.7. The van der Waals surface area contributed by atoms with Crippen LogP contribution in [0.15, 0.2) is 23.9 Å². The summed E-state index contributed by atoms with van der Waals surface area (Å²) in [6.07, 6.45) is 0.939. The number of ether oxygens (including phenoxy) is 3. The van der Waals surface area contributed by atoms with Crippen molar-refractivity contribution in [3.05, 3.63) is 28.9 Å². The molecular formula is C14H13ClN2O6. The number of anilines is 2. The summed E-state index contributed by atoms with van der Waals surface area (Å²) >= 11 is 6.08. The van der Waals surface area contributed by atoms with Gasteiger partial charge in [0.15, 0.2) is 12.4 Å². The summed E-state index contributed by atoms with van der Waals surface area (Å²) in [7, 11) is 2.35. The fourth-order valence-corrected chi connectivity index (χ4v) is 2.09. The monoisotopic (exact) mass is 340 g/mol. The van der Waals surface area contributed by atoms with Crippen LogP contribution in [-0.2, 0) is 23.9 Å². The molecule has 0 saturated heterocycles. The van der Waals surface area contributed by atoms with E-state index in [2.05, 4.69) is 20.1 Å². The van der Waals surface area contributed by atoms with E-state index in [0.717, 1.165) is 6.08 Å². The molecule has 0 fully saturated rings. The maximum Gasteiger partial charge on any atom is 0.354 e. The van der Waals surface area contributed by atoms with E-state index < -0.39 is 11.9 Å². The average molecular weight is 341 g/mol. The van der Waals surface area contributed by atoms with E-state index in [1.807, 2.05) is 0 Å². The van der Waals surface area contributed by atoms with Crippen LogP contribution in [0.4, 0.5) is 11.4 Å². The van der Waals surface area contributed by atoms with Crippen molar-refractivity contribution in [3.63, 3.8) is 0 Å². The van der Waals surface area contributed by atoms with E-state index in [1.54, 1.807) is 0 Å². The second kappa shape index (κ2) is 7.01. The molecule has 0 spiro atoms. The highest BCUT2D eigenvalue weighted by Gasteiger charge is 2.21. The second-order valence-corrected chi connectivity index (χ2v) is 4.78. The Balaban J connectivity index is 2.34. The number of rotatable bonds is 4. The number of carbonyl (C=O) groups excluding carboxylic acids is 3. The van der Waals surface area contributed by atoms with E-state index in [-0.39, 0.29) is 23.2 Å². The lowest BCUT2D eigenvalue weighted by Gasteiger charge is -2.20. The predicted molar refractivity (Wildman–Crippen MR) is 81.3 cm³/mol. The number of carbonyl (C=O) groups is 3. The smallest absolute Gasteiger partial charge is 0.354 e. The van der Waals surface area contributed by atoms with Crippen molar-refractivity contribution in [2.24, 2.45) is 0 Å². The zero-order valence-corrected chi connectivity index (χ0v) is 13.0. The van der Waals surface area contributed by atoms with Gasteiger partial charge < -0.3 is 24.8 Å². The topological polar surface area (TPSA) is 103 Å². The molecule has 0 bridgehead atoms. The first-order valence-electron chi connectivity index (χ1n) is 6.35. The van der Waals surface area contributed by atoms with Crippen molar-refractivity contribution in [2.45, 2.75) is 0 Å². The average Bonchev–Trinajstić information content (AvgIpc) is 2.52. The number of nitrogens with one attached hydrogen (secondary N) is 2. The van der Waals surface area contributed by atoms with Gasteiger partial charge in [-0.05, 0) is 12.1 Å². The Labute approximate surface area is 136 Å². The predicted octanol–water partition coefficient (Wildman–Crippen LogP) is 1.31. The molecule has 1 heterocycles. The van der Waals surface area contributed by atoms with Crippen molar-refractivity contribution in [3.8, 4) is 5.75 Å². The van der Waals surface area contributed by atoms with Crippen molar-refractivity contribution < 1.29 is 28.6 Å². The van der Waals surface area contributed by atoms with E-state index in [4.69, 9.17) is 16.3 Å². The number of benzene rings is 1. The van der Waals surface area contributed by atoms with E-state index >= 15 is 0 Å². The Morgan fingerprint density at radius 1 is 1.35 bits per heavy atom. The molecule has 122 valence electrons. The van der Waals surface area contributed by atoms with Crippen LogP contribution in [-0.4, -0.2) is 38.7 Å². The van der Waals surface area contributed by atoms with Gasteiger partial charge in [-0.25, -0.2) is 9.59 Å². The molecule has 0 atom stereocenters. The molecule has 2 N–H and O–H groups in total. The normalized spacial score (nSPS) is 13.3. The van der Waals surface area contributed by atoms with Gasteiger partial charge in [-0.1, -0.05) is 11.6 Å². The number of methoxy groups -OCH3 is 2. The van der Waals surface area contributed by atoms with Crippen LogP contribution in [0, 0.1) is 0 Å². The van der Waals surface area contributed by atoms with Crippen LogP contribution in [0.1, 0.15) is 0 Å². The molecule has 0 unspecified atom stereocenters. The van der Waals surface area contributed by atoms with Gasteiger partial charge in [0.1, 0.15) is 5.70 Å². The minimum absolute atomic E-state index is 0.130. The Kier molecular flexibility index (Phi) is 5.07. The van der Waals surface area contributed by atoms with Gasteiger partial charge in [-0.15, -0.1) is 0 Å². The molecule has 1 amide bonds. The Morgan fingerprint density at radius 3 is 2.74 bits per heavy atom. The lowest BCUT2D eigenvalue weighted by Crippen LogP contribution is -2.25. The van der Waals surface area contributed by atoms with Crippen LogP contribution >= 0.6 is 11.6 Å². The molecule has 1 aliphatic rings. The lowest BCUT2D eigenvalue weighted by atomic mass is 10.2. The third-order valence-electron chi connectivity index (χ3n) is 2.81. The van der Waals surface area contributed by atoms with Crippen molar-refractivity contribution in [1.82, 2.24) is 0 Å². The minimum Gasteiger partial charge on any atom is -0.480 e. The molecule has 0 radical (unpaired) electrons. The zero-order valence-electron chi connectivity index (χ0n) is 12.3. The summed E-state index contributed by atoms with van der Waals surface area (Å²) in [5.74, 6) is -1.51. The molecule has 8 nitrogen and oxygen atoms in total.